The average molecular weight is 654 g/mol. The van der Waals surface area contributed by atoms with Crippen molar-refractivity contribution in [1.29, 1.82) is 0 Å². The largest absolute Gasteiger partial charge is 0.472 e. The zero-order valence-electron chi connectivity index (χ0n) is 26.4. The Labute approximate surface area is 261 Å². The molecule has 14 heteroatoms. The maximum atomic E-state index is 15.7. The van der Waals surface area contributed by atoms with Gasteiger partial charge in [-0.1, -0.05) is 104 Å². The van der Waals surface area contributed by atoms with Crippen molar-refractivity contribution in [3.63, 3.8) is 0 Å². The van der Waals surface area contributed by atoms with Crippen LogP contribution in [0, 0.1) is 0 Å². The van der Waals surface area contributed by atoms with Gasteiger partial charge in [-0.3, -0.25) is 13.8 Å². The Morgan fingerprint density at radius 3 is 2.09 bits per heavy atom. The van der Waals surface area contributed by atoms with Crippen LogP contribution in [0.3, 0.4) is 0 Å². The van der Waals surface area contributed by atoms with Gasteiger partial charge in [0.2, 0.25) is 12.6 Å². The molecule has 0 saturated carbocycles. The predicted molar refractivity (Wildman–Crippen MR) is 164 cm³/mol. The molecule has 11 nitrogen and oxygen atoms in total. The van der Waals surface area contributed by atoms with E-state index in [1.54, 1.807) is 0 Å². The Kier molecular flexibility index (Phi) is 17.9. The second-order valence-corrected chi connectivity index (χ2v) is 13.0. The average Bonchev–Trinajstić information content (AvgIpc) is 3.21. The van der Waals surface area contributed by atoms with Gasteiger partial charge in [0.05, 0.1) is 13.2 Å². The molecule has 5 atom stereocenters. The highest BCUT2D eigenvalue weighted by molar-refractivity contribution is 7.47. The highest BCUT2D eigenvalue weighted by Gasteiger charge is 2.64. The standard InChI is InChI=1S/C30H54F2N3O8P/c1-3-5-7-9-11-13-15-17-19-26(36)43-27-24(42-28(30(27,31)32)35-21-20-25(33)34-29(35)37)23-41-44(38,39)40-22-18-16-14-12-10-8-6-4-2/h20-21,24,27-29,37H,3-19,22-23H2,1-2H3,(H2,33,34)(H,38,39)/t24?,27-,28-,29?/m1/s1. The van der Waals surface area contributed by atoms with E-state index in [-0.39, 0.29) is 18.9 Å². The molecule has 44 heavy (non-hydrogen) atoms. The summed E-state index contributed by atoms with van der Waals surface area (Å²) in [4.78, 5) is 27.1. The van der Waals surface area contributed by atoms with Crippen molar-refractivity contribution in [2.24, 2.45) is 10.7 Å². The molecule has 2 aliphatic rings. The SMILES string of the molecule is CCCCCCCCCCOP(=O)(O)OCC1O[C@@H](N2C=CC(N)=NC2O)C(F)(F)[C@@H]1OC(=O)CCCCCCCCCC. The summed E-state index contributed by atoms with van der Waals surface area (Å²) in [6.07, 6.45) is 10.6. The molecular formula is C30H54F2N3O8P. The number of ether oxygens (including phenoxy) is 2. The van der Waals surface area contributed by atoms with Gasteiger partial charge in [0.1, 0.15) is 11.9 Å². The number of carbonyl (C=O) groups is 1. The maximum Gasteiger partial charge on any atom is 0.472 e. The van der Waals surface area contributed by atoms with Crippen LogP contribution in [0.1, 0.15) is 123 Å². The lowest BCUT2D eigenvalue weighted by Gasteiger charge is -2.34. The van der Waals surface area contributed by atoms with Crippen LogP contribution in [-0.4, -0.2) is 70.6 Å². The first-order chi connectivity index (χ1) is 21.0. The van der Waals surface area contributed by atoms with Gasteiger partial charge in [0.25, 0.3) is 0 Å². The molecular weight excluding hydrogens is 599 g/mol. The molecule has 0 aromatic carbocycles. The van der Waals surface area contributed by atoms with Crippen molar-refractivity contribution >= 4 is 19.6 Å². The Morgan fingerprint density at radius 2 is 1.52 bits per heavy atom. The number of phosphoric acid groups is 1. The molecule has 2 heterocycles. The molecule has 0 bridgehead atoms. The third-order valence-electron chi connectivity index (χ3n) is 7.72. The van der Waals surface area contributed by atoms with Gasteiger partial charge in [0.15, 0.2) is 6.10 Å². The van der Waals surface area contributed by atoms with E-state index in [1.807, 2.05) is 0 Å². The minimum Gasteiger partial charge on any atom is -0.453 e. The van der Waals surface area contributed by atoms with Gasteiger partial charge >= 0.3 is 19.7 Å². The molecule has 0 amide bonds. The van der Waals surface area contributed by atoms with Gasteiger partial charge in [-0.15, -0.1) is 0 Å². The molecule has 0 aromatic rings. The Morgan fingerprint density at radius 1 is 0.977 bits per heavy atom. The van der Waals surface area contributed by atoms with E-state index in [1.165, 1.54) is 38.2 Å². The first-order valence-corrected chi connectivity index (χ1v) is 17.8. The first kappa shape index (κ1) is 38.6. The van der Waals surface area contributed by atoms with Crippen LogP contribution in [0.4, 0.5) is 8.78 Å². The number of rotatable bonds is 24. The summed E-state index contributed by atoms with van der Waals surface area (Å²) >= 11 is 0. The van der Waals surface area contributed by atoms with Crippen molar-refractivity contribution in [2.45, 2.75) is 154 Å². The molecule has 0 aliphatic carbocycles. The number of phosphoric ester groups is 1. The van der Waals surface area contributed by atoms with Gasteiger partial charge in [0, 0.05) is 12.6 Å². The number of aliphatic hydroxyl groups is 1. The van der Waals surface area contributed by atoms with Crippen molar-refractivity contribution in [1.82, 2.24) is 4.90 Å². The molecule has 2 aliphatic heterocycles. The van der Waals surface area contributed by atoms with Gasteiger partial charge < -0.3 is 30.1 Å². The molecule has 3 unspecified atom stereocenters. The highest BCUT2D eigenvalue weighted by Crippen LogP contribution is 2.46. The minimum atomic E-state index is -4.61. The van der Waals surface area contributed by atoms with E-state index < -0.39 is 51.1 Å². The molecule has 256 valence electrons. The summed E-state index contributed by atoms with van der Waals surface area (Å²) in [5, 5.41) is 10.2. The lowest BCUT2D eigenvalue weighted by molar-refractivity contribution is -0.195. The van der Waals surface area contributed by atoms with E-state index in [0.717, 1.165) is 68.9 Å². The van der Waals surface area contributed by atoms with E-state index in [0.29, 0.717) is 12.8 Å². The normalized spacial score (nSPS) is 24.3. The third-order valence-corrected chi connectivity index (χ3v) is 8.70. The van der Waals surface area contributed by atoms with Crippen molar-refractivity contribution < 1.29 is 46.7 Å². The van der Waals surface area contributed by atoms with E-state index in [9.17, 15) is 19.4 Å². The third kappa shape index (κ3) is 13.8. The zero-order chi connectivity index (χ0) is 32.4. The molecule has 1 fully saturated rings. The van der Waals surface area contributed by atoms with Crippen LogP contribution >= 0.6 is 7.82 Å². The quantitative estimate of drug-likeness (QED) is 0.0596. The van der Waals surface area contributed by atoms with Crippen LogP contribution in [0.2, 0.25) is 0 Å². The maximum absolute atomic E-state index is 15.7. The second kappa shape index (κ2) is 20.5. The molecule has 4 N–H and O–H groups in total. The summed E-state index contributed by atoms with van der Waals surface area (Å²) in [5.74, 6) is -4.75. The van der Waals surface area contributed by atoms with E-state index in [4.69, 9.17) is 24.3 Å². The molecule has 0 aromatic heterocycles. The fraction of sp³-hybridized carbons (Fsp3) is 0.867. The highest BCUT2D eigenvalue weighted by atomic mass is 31.2. The predicted octanol–water partition coefficient (Wildman–Crippen LogP) is 6.53. The van der Waals surface area contributed by atoms with Gasteiger partial charge in [-0.05, 0) is 18.9 Å². The first-order valence-electron chi connectivity index (χ1n) is 16.3. The number of nitrogens with zero attached hydrogens (tertiary/aromatic N) is 2. The summed E-state index contributed by atoms with van der Waals surface area (Å²) < 4.78 is 64.6. The number of hydrogen-bond donors (Lipinski definition) is 3. The molecule has 2 rings (SSSR count). The van der Waals surface area contributed by atoms with Gasteiger partial charge in [-0.2, -0.15) is 8.78 Å². The van der Waals surface area contributed by atoms with Crippen molar-refractivity contribution in [3.8, 4) is 0 Å². The number of alkyl halides is 2. The van der Waals surface area contributed by atoms with Crippen LogP contribution in [-0.2, 0) is 27.9 Å². The number of carbonyl (C=O) groups excluding carboxylic acids is 1. The lowest BCUT2D eigenvalue weighted by Crippen LogP contribution is -2.52. The van der Waals surface area contributed by atoms with Crippen molar-refractivity contribution in [2.75, 3.05) is 13.2 Å². The number of esters is 1. The summed E-state index contributed by atoms with van der Waals surface area (Å²) in [6, 6.07) is 0. The fourth-order valence-electron chi connectivity index (χ4n) is 5.17. The van der Waals surface area contributed by atoms with Crippen LogP contribution < -0.4 is 5.73 Å². The summed E-state index contributed by atoms with van der Waals surface area (Å²) in [6.45, 7) is 3.46. The number of hydrogen-bond acceptors (Lipinski definition) is 10. The van der Waals surface area contributed by atoms with Crippen molar-refractivity contribution in [3.05, 3.63) is 12.3 Å². The van der Waals surface area contributed by atoms with Crippen LogP contribution in [0.15, 0.2) is 17.3 Å². The number of amidine groups is 1. The fourth-order valence-corrected chi connectivity index (χ4v) is 5.94. The number of aliphatic hydroxyl groups excluding tert-OH is 1. The Bertz CT molecular complexity index is 942. The second-order valence-electron chi connectivity index (χ2n) is 11.6. The summed E-state index contributed by atoms with van der Waals surface area (Å²) in [5.41, 5.74) is 5.55. The monoisotopic (exact) mass is 653 g/mol. The van der Waals surface area contributed by atoms with Crippen LogP contribution in [0.5, 0.6) is 0 Å². The molecule has 0 spiro atoms. The molecule has 0 radical (unpaired) electrons. The topological polar surface area (TPSA) is 153 Å². The summed E-state index contributed by atoms with van der Waals surface area (Å²) in [7, 11) is -4.61. The lowest BCUT2D eigenvalue weighted by atomic mass is 10.1. The minimum absolute atomic E-state index is 0.0335. The number of aliphatic imine (C=N–C) groups is 1. The smallest absolute Gasteiger partial charge is 0.453 e. The van der Waals surface area contributed by atoms with Crippen LogP contribution in [0.25, 0.3) is 0 Å². The zero-order valence-corrected chi connectivity index (χ0v) is 27.3. The van der Waals surface area contributed by atoms with E-state index >= 15 is 8.78 Å². The number of nitrogens with two attached hydrogens (primary N) is 1. The molecule has 1 saturated heterocycles. The number of halogens is 2. The van der Waals surface area contributed by atoms with Gasteiger partial charge in [-0.25, -0.2) is 9.56 Å². The Hall–Kier alpha value is -1.63. The Balaban J connectivity index is 1.92. The van der Waals surface area contributed by atoms with E-state index in [2.05, 4.69) is 18.8 Å². The number of unbranched alkanes of at least 4 members (excludes halogenated alkanes) is 14.